The van der Waals surface area contributed by atoms with Crippen LogP contribution in [0.5, 0.6) is 11.5 Å². The van der Waals surface area contributed by atoms with Crippen LogP contribution >= 0.6 is 0 Å². The van der Waals surface area contributed by atoms with Gasteiger partial charge in [0.25, 0.3) is 0 Å². The van der Waals surface area contributed by atoms with Crippen LogP contribution in [-0.2, 0) is 4.79 Å². The number of rotatable bonds is 6. The molecule has 0 aromatic heterocycles. The van der Waals surface area contributed by atoms with Crippen LogP contribution in [0.2, 0.25) is 0 Å². The smallest absolute Gasteiger partial charge is 0.238 e. The first-order valence-electron chi connectivity index (χ1n) is 7.27. The lowest BCUT2D eigenvalue weighted by Gasteiger charge is -2.26. The third-order valence-electron chi connectivity index (χ3n) is 4.02. The largest absolute Gasteiger partial charge is 0.454 e. The average molecular weight is 291 g/mol. The number of nitrogens with zero attached hydrogens (tertiary/aromatic N) is 1. The maximum atomic E-state index is 12.1. The average Bonchev–Trinajstić information content (AvgIpc) is 3.16. The molecular weight excluding hydrogens is 270 g/mol. The van der Waals surface area contributed by atoms with Crippen molar-refractivity contribution in [2.45, 2.75) is 18.9 Å². The van der Waals surface area contributed by atoms with E-state index in [1.807, 2.05) is 18.0 Å². The summed E-state index contributed by atoms with van der Waals surface area (Å²) in [7, 11) is 1.95. The molecule has 3 rings (SSSR count). The molecule has 6 nitrogen and oxygen atoms in total. The fraction of sp³-hybridized carbons (Fsp3) is 0.533. The lowest BCUT2D eigenvalue weighted by Crippen LogP contribution is -2.43. The number of carbonyl (C=O) groups is 1. The molecule has 1 fully saturated rings. The third-order valence-corrected chi connectivity index (χ3v) is 4.02. The quantitative estimate of drug-likeness (QED) is 0.818. The van der Waals surface area contributed by atoms with Crippen molar-refractivity contribution in [2.24, 2.45) is 11.7 Å². The number of fused-ring (bicyclic) bond motifs is 1. The normalized spacial score (nSPS) is 17.9. The predicted octanol–water partition coefficient (Wildman–Crippen LogP) is 1.02. The summed E-state index contributed by atoms with van der Waals surface area (Å²) in [5, 5.41) is 2.88. The van der Waals surface area contributed by atoms with Gasteiger partial charge in [-0.1, -0.05) is 0 Å². The second-order valence-corrected chi connectivity index (χ2v) is 5.67. The van der Waals surface area contributed by atoms with Gasteiger partial charge in [0.05, 0.1) is 6.54 Å². The van der Waals surface area contributed by atoms with Gasteiger partial charge >= 0.3 is 0 Å². The number of hydrogen-bond donors (Lipinski definition) is 2. The minimum Gasteiger partial charge on any atom is -0.454 e. The number of ether oxygens (including phenoxy) is 2. The van der Waals surface area contributed by atoms with E-state index in [2.05, 4.69) is 5.32 Å². The molecule has 114 valence electrons. The van der Waals surface area contributed by atoms with Crippen molar-refractivity contribution >= 4 is 11.6 Å². The zero-order chi connectivity index (χ0) is 14.8. The standard InChI is InChI=1S/C15H21N3O3/c1-18(12(7-16)10-2-3-10)8-15(19)17-11-4-5-13-14(6-11)21-9-20-13/h4-6,10,12H,2-3,7-9,16H2,1H3,(H,17,19). The molecule has 6 heteroatoms. The van der Waals surface area contributed by atoms with Crippen molar-refractivity contribution in [3.63, 3.8) is 0 Å². The number of amides is 1. The van der Waals surface area contributed by atoms with E-state index in [4.69, 9.17) is 15.2 Å². The number of nitrogens with one attached hydrogen (secondary N) is 1. The first kappa shape index (κ1) is 14.2. The Morgan fingerprint density at radius 3 is 2.90 bits per heavy atom. The minimum atomic E-state index is -0.0459. The van der Waals surface area contributed by atoms with Crippen molar-refractivity contribution in [1.82, 2.24) is 4.90 Å². The highest BCUT2D eigenvalue weighted by Crippen LogP contribution is 2.35. The summed E-state index contributed by atoms with van der Waals surface area (Å²) in [4.78, 5) is 14.2. The molecule has 1 atom stereocenters. The number of nitrogens with two attached hydrogens (primary N) is 1. The van der Waals surface area contributed by atoms with Crippen molar-refractivity contribution in [3.05, 3.63) is 18.2 Å². The van der Waals surface area contributed by atoms with Gasteiger partial charge in [-0.15, -0.1) is 0 Å². The van der Waals surface area contributed by atoms with Crippen LogP contribution in [0.4, 0.5) is 5.69 Å². The SMILES string of the molecule is CN(CC(=O)Nc1ccc2c(c1)OCO2)C(CN)C1CC1. The summed E-state index contributed by atoms with van der Waals surface area (Å²) in [6, 6.07) is 5.69. The molecule has 1 aliphatic heterocycles. The van der Waals surface area contributed by atoms with Gasteiger partial charge in [-0.25, -0.2) is 0 Å². The molecule has 1 aromatic carbocycles. The second-order valence-electron chi connectivity index (χ2n) is 5.67. The Labute approximate surface area is 124 Å². The lowest BCUT2D eigenvalue weighted by molar-refractivity contribution is -0.117. The van der Waals surface area contributed by atoms with Gasteiger partial charge < -0.3 is 20.5 Å². The minimum absolute atomic E-state index is 0.0459. The van der Waals surface area contributed by atoms with Crippen molar-refractivity contribution in [1.29, 1.82) is 0 Å². The van der Waals surface area contributed by atoms with E-state index in [1.165, 1.54) is 12.8 Å². The van der Waals surface area contributed by atoms with Crippen LogP contribution in [0, 0.1) is 5.92 Å². The molecule has 1 unspecified atom stereocenters. The van der Waals surface area contributed by atoms with Crippen LogP contribution in [0.1, 0.15) is 12.8 Å². The van der Waals surface area contributed by atoms with Crippen LogP contribution in [0.25, 0.3) is 0 Å². The molecule has 1 aliphatic carbocycles. The molecule has 3 N–H and O–H groups in total. The molecule has 1 heterocycles. The maximum absolute atomic E-state index is 12.1. The van der Waals surface area contributed by atoms with E-state index in [-0.39, 0.29) is 12.7 Å². The summed E-state index contributed by atoms with van der Waals surface area (Å²) < 4.78 is 10.5. The first-order chi connectivity index (χ1) is 10.2. The van der Waals surface area contributed by atoms with Crippen molar-refractivity contribution in [3.8, 4) is 11.5 Å². The summed E-state index contributed by atoms with van der Waals surface area (Å²) in [5.41, 5.74) is 6.52. The fourth-order valence-corrected chi connectivity index (χ4v) is 2.73. The molecule has 0 saturated heterocycles. The van der Waals surface area contributed by atoms with Crippen LogP contribution in [0.15, 0.2) is 18.2 Å². The highest BCUT2D eigenvalue weighted by Gasteiger charge is 2.33. The Morgan fingerprint density at radius 2 is 2.19 bits per heavy atom. The highest BCUT2D eigenvalue weighted by atomic mass is 16.7. The van der Waals surface area contributed by atoms with Gasteiger partial charge in [0.1, 0.15) is 0 Å². The zero-order valence-corrected chi connectivity index (χ0v) is 12.2. The monoisotopic (exact) mass is 291 g/mol. The Hall–Kier alpha value is -1.79. The maximum Gasteiger partial charge on any atom is 0.238 e. The van der Waals surface area contributed by atoms with Crippen molar-refractivity contribution in [2.75, 3.05) is 32.2 Å². The molecular formula is C15H21N3O3. The summed E-state index contributed by atoms with van der Waals surface area (Å²) in [6.07, 6.45) is 2.44. The van der Waals surface area contributed by atoms with Gasteiger partial charge in [0.15, 0.2) is 11.5 Å². The Balaban J connectivity index is 1.56. The first-order valence-corrected chi connectivity index (χ1v) is 7.27. The lowest BCUT2D eigenvalue weighted by atomic mass is 10.1. The molecule has 1 amide bonds. The molecule has 0 bridgehead atoms. The van der Waals surface area contributed by atoms with E-state index >= 15 is 0 Å². The Morgan fingerprint density at radius 1 is 1.43 bits per heavy atom. The molecule has 1 aromatic rings. The number of likely N-dealkylation sites (N-methyl/N-ethyl adjacent to an activating group) is 1. The van der Waals surface area contributed by atoms with E-state index in [0.29, 0.717) is 42.2 Å². The van der Waals surface area contributed by atoms with E-state index in [1.54, 1.807) is 12.1 Å². The predicted molar refractivity (Wildman–Crippen MR) is 79.4 cm³/mol. The van der Waals surface area contributed by atoms with Crippen LogP contribution in [0.3, 0.4) is 0 Å². The highest BCUT2D eigenvalue weighted by molar-refractivity contribution is 5.92. The third kappa shape index (κ3) is 3.28. The summed E-state index contributed by atoms with van der Waals surface area (Å²) in [6.45, 7) is 1.17. The molecule has 21 heavy (non-hydrogen) atoms. The Bertz CT molecular complexity index is 531. The van der Waals surface area contributed by atoms with Crippen LogP contribution < -0.4 is 20.5 Å². The van der Waals surface area contributed by atoms with Gasteiger partial charge in [-0.3, -0.25) is 9.69 Å². The van der Waals surface area contributed by atoms with Crippen LogP contribution in [-0.4, -0.2) is 43.8 Å². The van der Waals surface area contributed by atoms with E-state index < -0.39 is 0 Å². The Kier molecular flexibility index (Phi) is 3.98. The molecule has 1 saturated carbocycles. The topological polar surface area (TPSA) is 76.8 Å². The van der Waals surface area contributed by atoms with Gasteiger partial charge in [-0.2, -0.15) is 0 Å². The molecule has 0 radical (unpaired) electrons. The molecule has 2 aliphatic rings. The summed E-state index contributed by atoms with van der Waals surface area (Å²) in [5.74, 6) is 1.98. The summed E-state index contributed by atoms with van der Waals surface area (Å²) >= 11 is 0. The number of carbonyl (C=O) groups excluding carboxylic acids is 1. The number of hydrogen-bond acceptors (Lipinski definition) is 5. The number of benzene rings is 1. The zero-order valence-electron chi connectivity index (χ0n) is 12.2. The number of anilines is 1. The van der Waals surface area contributed by atoms with Crippen molar-refractivity contribution < 1.29 is 14.3 Å². The second kappa shape index (κ2) is 5.91. The van der Waals surface area contributed by atoms with Gasteiger partial charge in [-0.05, 0) is 37.9 Å². The fourth-order valence-electron chi connectivity index (χ4n) is 2.73. The van der Waals surface area contributed by atoms with Gasteiger partial charge in [0, 0.05) is 24.3 Å². The van der Waals surface area contributed by atoms with Gasteiger partial charge in [0.2, 0.25) is 12.7 Å². The van der Waals surface area contributed by atoms with E-state index in [0.717, 1.165) is 0 Å². The van der Waals surface area contributed by atoms with E-state index in [9.17, 15) is 4.79 Å². The molecule has 0 spiro atoms.